The number of aromatic nitrogens is 1. The quantitative estimate of drug-likeness (QED) is 0.740. The molecule has 0 unspecified atom stereocenters. The number of aryl methyl sites for hydroxylation is 1. The zero-order valence-corrected chi connectivity index (χ0v) is 9.79. The van der Waals surface area contributed by atoms with Crippen molar-refractivity contribution in [2.45, 2.75) is 39.2 Å². The predicted molar refractivity (Wildman–Crippen MR) is 67.5 cm³/mol. The summed E-state index contributed by atoms with van der Waals surface area (Å²) in [5, 5.41) is 10.6. The van der Waals surface area contributed by atoms with Gasteiger partial charge in [-0.2, -0.15) is 0 Å². The summed E-state index contributed by atoms with van der Waals surface area (Å²) in [6, 6.07) is 8.18. The summed E-state index contributed by atoms with van der Waals surface area (Å²) in [6.45, 7) is 2.34. The summed E-state index contributed by atoms with van der Waals surface area (Å²) < 4.78 is 0. The van der Waals surface area contributed by atoms with E-state index in [0.717, 1.165) is 22.9 Å². The Morgan fingerprint density at radius 3 is 2.75 bits per heavy atom. The van der Waals surface area contributed by atoms with Crippen LogP contribution in [0.15, 0.2) is 24.3 Å². The van der Waals surface area contributed by atoms with E-state index in [-0.39, 0.29) is 6.61 Å². The molecule has 0 radical (unpaired) electrons. The van der Waals surface area contributed by atoms with Crippen LogP contribution < -0.4 is 0 Å². The molecule has 0 fully saturated rings. The molecule has 0 amide bonds. The molecule has 0 atom stereocenters. The first-order valence-electron chi connectivity index (χ1n) is 6.06. The van der Waals surface area contributed by atoms with Crippen molar-refractivity contribution in [2.75, 3.05) is 0 Å². The summed E-state index contributed by atoms with van der Waals surface area (Å²) in [5.74, 6) is 0. The molecular weight excluding hydrogens is 198 g/mol. The molecule has 2 aromatic rings. The normalized spacial score (nSPS) is 11.1. The fraction of sp³-hybridized carbons (Fsp3) is 0.429. The minimum absolute atomic E-state index is 0.130. The third kappa shape index (κ3) is 2.12. The molecule has 0 saturated carbocycles. The van der Waals surface area contributed by atoms with Crippen LogP contribution >= 0.6 is 0 Å². The maximum absolute atomic E-state index is 9.44. The third-order valence-corrected chi connectivity index (χ3v) is 3.09. The van der Waals surface area contributed by atoms with E-state index in [1.165, 1.54) is 25.0 Å². The number of hydrogen-bond donors (Lipinski definition) is 2. The molecule has 0 saturated heterocycles. The van der Waals surface area contributed by atoms with Crippen molar-refractivity contribution < 1.29 is 5.11 Å². The Morgan fingerprint density at radius 1 is 1.19 bits per heavy atom. The molecule has 1 aromatic heterocycles. The van der Waals surface area contributed by atoms with Crippen molar-refractivity contribution in [3.05, 3.63) is 35.5 Å². The molecule has 0 aliphatic carbocycles. The molecule has 2 nitrogen and oxygen atoms in total. The Balaban J connectivity index is 2.29. The van der Waals surface area contributed by atoms with Gasteiger partial charge >= 0.3 is 0 Å². The van der Waals surface area contributed by atoms with Crippen molar-refractivity contribution in [3.8, 4) is 0 Å². The van der Waals surface area contributed by atoms with Crippen LogP contribution in [-0.2, 0) is 13.0 Å². The molecule has 2 rings (SSSR count). The van der Waals surface area contributed by atoms with Crippen molar-refractivity contribution in [1.82, 2.24) is 4.98 Å². The van der Waals surface area contributed by atoms with Gasteiger partial charge in [0, 0.05) is 22.2 Å². The summed E-state index contributed by atoms with van der Waals surface area (Å²) in [5.41, 5.74) is 3.42. The van der Waals surface area contributed by atoms with Crippen molar-refractivity contribution in [3.63, 3.8) is 0 Å². The van der Waals surface area contributed by atoms with E-state index in [9.17, 15) is 5.11 Å². The number of rotatable bonds is 5. The number of fused-ring (bicyclic) bond motifs is 1. The second-order valence-electron chi connectivity index (χ2n) is 4.24. The number of aliphatic hydroxyl groups is 1. The third-order valence-electron chi connectivity index (χ3n) is 3.09. The van der Waals surface area contributed by atoms with E-state index < -0.39 is 0 Å². The number of nitrogens with one attached hydrogen (secondary N) is 1. The van der Waals surface area contributed by atoms with Crippen LogP contribution in [0.4, 0.5) is 0 Å². The highest BCUT2D eigenvalue weighted by molar-refractivity contribution is 5.84. The Kier molecular flexibility index (Phi) is 3.62. The van der Waals surface area contributed by atoms with E-state index in [4.69, 9.17) is 0 Å². The van der Waals surface area contributed by atoms with E-state index in [1.807, 2.05) is 12.1 Å². The second-order valence-corrected chi connectivity index (χ2v) is 4.24. The first-order valence-corrected chi connectivity index (χ1v) is 6.06. The van der Waals surface area contributed by atoms with Crippen LogP contribution in [0.25, 0.3) is 10.9 Å². The standard InChI is InChI=1S/C14H19NO/c1-2-3-4-8-14-12(10-16)11-7-5-6-9-13(11)15-14/h5-7,9,15-16H,2-4,8,10H2,1H3. The molecular formula is C14H19NO. The van der Waals surface area contributed by atoms with Crippen LogP contribution in [0, 0.1) is 0 Å². The first-order chi connectivity index (χ1) is 7.86. The summed E-state index contributed by atoms with van der Waals surface area (Å²) in [6.07, 6.45) is 4.71. The number of H-pyrrole nitrogens is 1. The molecule has 0 spiro atoms. The minimum atomic E-state index is 0.130. The average Bonchev–Trinajstić information content (AvgIpc) is 2.67. The van der Waals surface area contributed by atoms with Crippen molar-refractivity contribution >= 4 is 10.9 Å². The lowest BCUT2D eigenvalue weighted by Gasteiger charge is -2.00. The highest BCUT2D eigenvalue weighted by Crippen LogP contribution is 2.23. The van der Waals surface area contributed by atoms with E-state index in [0.29, 0.717) is 0 Å². The van der Waals surface area contributed by atoms with Gasteiger partial charge in [0.1, 0.15) is 0 Å². The highest BCUT2D eigenvalue weighted by Gasteiger charge is 2.09. The smallest absolute Gasteiger partial charge is 0.0705 e. The first kappa shape index (κ1) is 11.2. The SMILES string of the molecule is CCCCCc1[nH]c2ccccc2c1CO. The Hall–Kier alpha value is -1.28. The Morgan fingerprint density at radius 2 is 2.00 bits per heavy atom. The maximum Gasteiger partial charge on any atom is 0.0705 e. The molecule has 16 heavy (non-hydrogen) atoms. The molecule has 86 valence electrons. The van der Waals surface area contributed by atoms with Gasteiger partial charge in [0.15, 0.2) is 0 Å². The van der Waals surface area contributed by atoms with Gasteiger partial charge in [-0.25, -0.2) is 0 Å². The van der Waals surface area contributed by atoms with Gasteiger partial charge in [0.2, 0.25) is 0 Å². The molecule has 2 heteroatoms. The highest BCUT2D eigenvalue weighted by atomic mass is 16.3. The molecule has 0 aliphatic rings. The number of hydrogen-bond acceptors (Lipinski definition) is 1. The summed E-state index contributed by atoms with van der Waals surface area (Å²) >= 11 is 0. The summed E-state index contributed by atoms with van der Waals surface area (Å²) in [4.78, 5) is 3.41. The monoisotopic (exact) mass is 217 g/mol. The fourth-order valence-corrected chi connectivity index (χ4v) is 2.20. The van der Waals surface area contributed by atoms with Crippen LogP contribution in [0.2, 0.25) is 0 Å². The fourth-order valence-electron chi connectivity index (χ4n) is 2.20. The zero-order valence-electron chi connectivity index (χ0n) is 9.79. The maximum atomic E-state index is 9.44. The molecule has 2 N–H and O–H groups in total. The topological polar surface area (TPSA) is 36.0 Å². The predicted octanol–water partition coefficient (Wildman–Crippen LogP) is 3.39. The van der Waals surface area contributed by atoms with E-state index in [2.05, 4.69) is 24.0 Å². The van der Waals surface area contributed by atoms with Crippen molar-refractivity contribution in [1.29, 1.82) is 0 Å². The zero-order chi connectivity index (χ0) is 11.4. The van der Waals surface area contributed by atoms with Crippen LogP contribution in [0.5, 0.6) is 0 Å². The average molecular weight is 217 g/mol. The molecule has 1 aromatic carbocycles. The molecule has 0 bridgehead atoms. The Bertz CT molecular complexity index is 459. The molecule has 0 aliphatic heterocycles. The van der Waals surface area contributed by atoms with Gasteiger partial charge < -0.3 is 10.1 Å². The van der Waals surface area contributed by atoms with Gasteiger partial charge in [-0.05, 0) is 18.9 Å². The molecule has 1 heterocycles. The Labute approximate surface area is 96.3 Å². The second kappa shape index (κ2) is 5.17. The number of aliphatic hydroxyl groups excluding tert-OH is 1. The lowest BCUT2D eigenvalue weighted by atomic mass is 10.1. The van der Waals surface area contributed by atoms with Gasteiger partial charge in [-0.3, -0.25) is 0 Å². The van der Waals surface area contributed by atoms with E-state index >= 15 is 0 Å². The number of unbranched alkanes of at least 4 members (excludes halogenated alkanes) is 2. The van der Waals surface area contributed by atoms with Crippen LogP contribution in [0.3, 0.4) is 0 Å². The van der Waals surface area contributed by atoms with Gasteiger partial charge in [0.05, 0.1) is 6.61 Å². The lowest BCUT2D eigenvalue weighted by molar-refractivity contribution is 0.282. The van der Waals surface area contributed by atoms with Gasteiger partial charge in [-0.15, -0.1) is 0 Å². The van der Waals surface area contributed by atoms with Crippen molar-refractivity contribution in [2.24, 2.45) is 0 Å². The van der Waals surface area contributed by atoms with Gasteiger partial charge in [-0.1, -0.05) is 38.0 Å². The van der Waals surface area contributed by atoms with Crippen LogP contribution in [0.1, 0.15) is 37.4 Å². The van der Waals surface area contributed by atoms with E-state index in [1.54, 1.807) is 0 Å². The number of aromatic amines is 1. The summed E-state index contributed by atoms with van der Waals surface area (Å²) in [7, 11) is 0. The number of benzene rings is 1. The lowest BCUT2D eigenvalue weighted by Crippen LogP contribution is -1.92. The minimum Gasteiger partial charge on any atom is -0.392 e. The number of para-hydroxylation sites is 1. The van der Waals surface area contributed by atoms with Crippen LogP contribution in [-0.4, -0.2) is 10.1 Å². The van der Waals surface area contributed by atoms with Gasteiger partial charge in [0.25, 0.3) is 0 Å². The largest absolute Gasteiger partial charge is 0.392 e.